The minimum Gasteiger partial charge on any atom is -0.288 e. The molecule has 4 rings (SSSR count). The molecule has 36 heavy (non-hydrogen) atoms. The van der Waals surface area contributed by atoms with Gasteiger partial charge in [0.15, 0.2) is 0 Å². The number of amides is 4. The molecular formula is C28H20N4O4. The van der Waals surface area contributed by atoms with Gasteiger partial charge in [-0.15, -0.1) is 10.2 Å². The van der Waals surface area contributed by atoms with E-state index in [4.69, 9.17) is 0 Å². The molecule has 0 saturated carbocycles. The number of benzene rings is 4. The molecule has 0 saturated heterocycles. The maximum Gasteiger partial charge on any atom is 0.260 e. The summed E-state index contributed by atoms with van der Waals surface area (Å²) in [5, 5.41) is 13.0. The van der Waals surface area contributed by atoms with Crippen molar-refractivity contribution in [1.82, 2.24) is 10.6 Å². The average molecular weight is 476 g/mol. The van der Waals surface area contributed by atoms with E-state index in [2.05, 4.69) is 20.9 Å². The standard InChI is InChI=1S/C28H20N4O4/c33-25(19-11-3-1-4-12-19)29-27(35)21-15-7-9-17-23(21)31-32-24-18-10-8-16-22(24)28(36)30-26(34)20-13-5-2-6-14-20/h1-18H,(H,29,33,35)(H,30,34,36). The molecule has 0 aliphatic carbocycles. The number of carbonyl (C=O) groups excluding carboxylic acids is 4. The highest BCUT2D eigenvalue weighted by atomic mass is 16.2. The highest BCUT2D eigenvalue weighted by Crippen LogP contribution is 2.25. The van der Waals surface area contributed by atoms with Crippen molar-refractivity contribution in [2.75, 3.05) is 0 Å². The second-order valence-corrected chi connectivity index (χ2v) is 7.53. The first kappa shape index (κ1) is 23.9. The van der Waals surface area contributed by atoms with Crippen molar-refractivity contribution in [3.05, 3.63) is 131 Å². The van der Waals surface area contributed by atoms with Crippen LogP contribution in [0.15, 0.2) is 119 Å². The summed E-state index contributed by atoms with van der Waals surface area (Å²) in [5.41, 5.74) is 1.35. The van der Waals surface area contributed by atoms with Crippen LogP contribution in [0.3, 0.4) is 0 Å². The predicted molar refractivity (Wildman–Crippen MR) is 134 cm³/mol. The number of nitrogens with one attached hydrogen (secondary N) is 2. The molecule has 0 heterocycles. The molecule has 0 aliphatic heterocycles. The Morgan fingerprint density at radius 2 is 0.750 bits per heavy atom. The second-order valence-electron chi connectivity index (χ2n) is 7.53. The van der Waals surface area contributed by atoms with E-state index in [1.54, 1.807) is 97.1 Å². The van der Waals surface area contributed by atoms with E-state index in [1.807, 2.05) is 0 Å². The highest BCUT2D eigenvalue weighted by molar-refractivity contribution is 6.13. The molecule has 4 aromatic carbocycles. The third kappa shape index (κ3) is 5.81. The lowest BCUT2D eigenvalue weighted by Gasteiger charge is -2.07. The SMILES string of the molecule is O=C(NC(=O)c1ccccc1N=Nc1ccccc1C(=O)NC(=O)c1ccccc1)c1ccccc1. The quantitative estimate of drug-likeness (QED) is 0.292. The summed E-state index contributed by atoms with van der Waals surface area (Å²) >= 11 is 0. The van der Waals surface area contributed by atoms with Crippen molar-refractivity contribution in [2.45, 2.75) is 0 Å². The van der Waals surface area contributed by atoms with E-state index in [0.29, 0.717) is 11.1 Å². The molecule has 0 aromatic heterocycles. The molecule has 8 nitrogen and oxygen atoms in total. The topological polar surface area (TPSA) is 117 Å². The summed E-state index contributed by atoms with van der Waals surface area (Å²) < 4.78 is 0. The van der Waals surface area contributed by atoms with Crippen molar-refractivity contribution < 1.29 is 19.2 Å². The maximum absolute atomic E-state index is 12.8. The Morgan fingerprint density at radius 3 is 1.14 bits per heavy atom. The van der Waals surface area contributed by atoms with Crippen LogP contribution in [0.2, 0.25) is 0 Å². The molecule has 0 radical (unpaired) electrons. The molecule has 2 N–H and O–H groups in total. The summed E-state index contributed by atoms with van der Waals surface area (Å²) in [6.45, 7) is 0. The van der Waals surface area contributed by atoms with Gasteiger partial charge in [0, 0.05) is 11.1 Å². The van der Waals surface area contributed by atoms with E-state index in [9.17, 15) is 19.2 Å². The minimum absolute atomic E-state index is 0.131. The fourth-order valence-electron chi connectivity index (χ4n) is 3.28. The summed E-state index contributed by atoms with van der Waals surface area (Å²) in [5.74, 6) is -2.37. The molecule has 4 aromatic rings. The number of imide groups is 2. The Balaban J connectivity index is 1.53. The van der Waals surface area contributed by atoms with Gasteiger partial charge in [-0.1, -0.05) is 60.7 Å². The van der Waals surface area contributed by atoms with E-state index in [0.717, 1.165) is 0 Å². The van der Waals surface area contributed by atoms with E-state index in [1.165, 1.54) is 12.1 Å². The van der Waals surface area contributed by atoms with E-state index < -0.39 is 23.6 Å². The predicted octanol–water partition coefficient (Wildman–Crippen LogP) is 5.24. The lowest BCUT2D eigenvalue weighted by molar-refractivity contribution is 0.0833. The third-order valence-electron chi connectivity index (χ3n) is 5.09. The van der Waals surface area contributed by atoms with Gasteiger partial charge in [-0.3, -0.25) is 29.8 Å². The summed E-state index contributed by atoms with van der Waals surface area (Å²) in [7, 11) is 0. The van der Waals surface area contributed by atoms with Crippen LogP contribution in [0, 0.1) is 0 Å². The van der Waals surface area contributed by atoms with Gasteiger partial charge in [0.2, 0.25) is 0 Å². The van der Waals surface area contributed by atoms with Crippen LogP contribution in [0.25, 0.3) is 0 Å². The zero-order valence-electron chi connectivity index (χ0n) is 18.9. The van der Waals surface area contributed by atoms with Gasteiger partial charge >= 0.3 is 0 Å². The fourth-order valence-corrected chi connectivity index (χ4v) is 3.28. The Labute approximate surface area is 206 Å². The van der Waals surface area contributed by atoms with E-state index in [-0.39, 0.29) is 22.5 Å². The van der Waals surface area contributed by atoms with Crippen LogP contribution in [0.5, 0.6) is 0 Å². The zero-order chi connectivity index (χ0) is 25.3. The van der Waals surface area contributed by atoms with Gasteiger partial charge in [0.25, 0.3) is 23.6 Å². The Kier molecular flexibility index (Phi) is 7.47. The number of carbonyl (C=O) groups is 4. The molecule has 8 heteroatoms. The van der Waals surface area contributed by atoms with Crippen molar-refractivity contribution >= 4 is 35.0 Å². The van der Waals surface area contributed by atoms with Crippen molar-refractivity contribution in [1.29, 1.82) is 0 Å². The highest BCUT2D eigenvalue weighted by Gasteiger charge is 2.17. The fraction of sp³-hybridized carbons (Fsp3) is 0. The molecular weight excluding hydrogens is 456 g/mol. The molecule has 0 fully saturated rings. The van der Waals surface area contributed by atoms with Gasteiger partial charge in [-0.25, -0.2) is 0 Å². The first-order chi connectivity index (χ1) is 17.5. The molecule has 0 aliphatic rings. The van der Waals surface area contributed by atoms with Crippen LogP contribution in [0.1, 0.15) is 41.4 Å². The Bertz CT molecular complexity index is 1340. The number of nitrogens with zero attached hydrogens (tertiary/aromatic N) is 2. The van der Waals surface area contributed by atoms with Crippen molar-refractivity contribution in [3.63, 3.8) is 0 Å². The van der Waals surface area contributed by atoms with Crippen LogP contribution in [-0.4, -0.2) is 23.6 Å². The minimum atomic E-state index is -0.641. The van der Waals surface area contributed by atoms with Gasteiger partial charge < -0.3 is 0 Å². The van der Waals surface area contributed by atoms with Gasteiger partial charge in [-0.05, 0) is 48.5 Å². The molecule has 0 spiro atoms. The lowest BCUT2D eigenvalue weighted by atomic mass is 10.1. The van der Waals surface area contributed by atoms with Crippen LogP contribution >= 0.6 is 0 Å². The monoisotopic (exact) mass is 476 g/mol. The first-order valence-corrected chi connectivity index (χ1v) is 10.9. The van der Waals surface area contributed by atoms with Crippen LogP contribution < -0.4 is 10.6 Å². The summed E-state index contributed by atoms with van der Waals surface area (Å²) in [4.78, 5) is 50.3. The molecule has 0 atom stereocenters. The average Bonchev–Trinajstić information content (AvgIpc) is 2.93. The molecule has 176 valence electrons. The molecule has 0 unspecified atom stereocenters. The first-order valence-electron chi connectivity index (χ1n) is 10.9. The van der Waals surface area contributed by atoms with Gasteiger partial charge in [0.1, 0.15) is 0 Å². The van der Waals surface area contributed by atoms with Gasteiger partial charge in [-0.2, -0.15) is 0 Å². The second kappa shape index (κ2) is 11.3. The largest absolute Gasteiger partial charge is 0.288 e. The molecule has 0 bridgehead atoms. The number of hydrogen-bond donors (Lipinski definition) is 2. The lowest BCUT2D eigenvalue weighted by Crippen LogP contribution is -2.30. The number of rotatable bonds is 6. The number of hydrogen-bond acceptors (Lipinski definition) is 6. The Hall–Kier alpha value is -5.24. The zero-order valence-corrected chi connectivity index (χ0v) is 18.9. The molecule has 4 amide bonds. The third-order valence-corrected chi connectivity index (χ3v) is 5.09. The Morgan fingerprint density at radius 1 is 0.417 bits per heavy atom. The van der Waals surface area contributed by atoms with Crippen molar-refractivity contribution in [2.24, 2.45) is 10.2 Å². The summed E-state index contributed by atoms with van der Waals surface area (Å²) in [6, 6.07) is 29.5. The normalized spacial score (nSPS) is 10.6. The van der Waals surface area contributed by atoms with Crippen LogP contribution in [-0.2, 0) is 0 Å². The maximum atomic E-state index is 12.8. The van der Waals surface area contributed by atoms with Gasteiger partial charge in [0.05, 0.1) is 22.5 Å². The van der Waals surface area contributed by atoms with Crippen LogP contribution in [0.4, 0.5) is 11.4 Å². The summed E-state index contributed by atoms with van der Waals surface area (Å²) in [6.07, 6.45) is 0. The number of azo groups is 1. The smallest absolute Gasteiger partial charge is 0.260 e. The van der Waals surface area contributed by atoms with Crippen molar-refractivity contribution in [3.8, 4) is 0 Å². The van der Waals surface area contributed by atoms with E-state index >= 15 is 0 Å².